The normalized spacial score (nSPS) is 10.1. The van der Waals surface area contributed by atoms with Crippen LogP contribution in [0.3, 0.4) is 0 Å². The van der Waals surface area contributed by atoms with E-state index in [-0.39, 0.29) is 5.91 Å². The fourth-order valence-corrected chi connectivity index (χ4v) is 1.80. The molecular formula is C15H16N2O3. The maximum absolute atomic E-state index is 11.8. The Morgan fingerprint density at radius 2 is 1.95 bits per heavy atom. The Hall–Kier alpha value is -2.56. The van der Waals surface area contributed by atoms with E-state index in [1.807, 2.05) is 18.3 Å². The number of benzene rings is 1. The van der Waals surface area contributed by atoms with Crippen LogP contribution >= 0.6 is 0 Å². The summed E-state index contributed by atoms with van der Waals surface area (Å²) in [4.78, 5) is 26.1. The molecular weight excluding hydrogens is 256 g/mol. The first-order chi connectivity index (χ1) is 9.69. The zero-order chi connectivity index (χ0) is 14.4. The molecule has 0 atom stereocenters. The van der Waals surface area contributed by atoms with Gasteiger partial charge in [0.15, 0.2) is 0 Å². The number of aromatic amines is 1. The van der Waals surface area contributed by atoms with Gasteiger partial charge in [0, 0.05) is 24.0 Å². The summed E-state index contributed by atoms with van der Waals surface area (Å²) in [5, 5.41) is 2.78. The second-order valence-electron chi connectivity index (χ2n) is 4.31. The minimum atomic E-state index is -0.394. The van der Waals surface area contributed by atoms with Gasteiger partial charge < -0.3 is 15.0 Å². The summed E-state index contributed by atoms with van der Waals surface area (Å²) < 4.78 is 4.61. The van der Waals surface area contributed by atoms with Crippen molar-refractivity contribution >= 4 is 17.6 Å². The van der Waals surface area contributed by atoms with E-state index in [4.69, 9.17) is 0 Å². The lowest BCUT2D eigenvalue weighted by molar-refractivity contribution is -0.116. The number of hydrogen-bond acceptors (Lipinski definition) is 3. The highest BCUT2D eigenvalue weighted by atomic mass is 16.5. The highest BCUT2D eigenvalue weighted by molar-refractivity contribution is 5.93. The molecule has 0 aliphatic heterocycles. The van der Waals surface area contributed by atoms with Gasteiger partial charge in [-0.3, -0.25) is 4.79 Å². The molecule has 1 aromatic heterocycles. The maximum atomic E-state index is 11.8. The van der Waals surface area contributed by atoms with Crippen LogP contribution in [-0.4, -0.2) is 24.0 Å². The third-order valence-electron chi connectivity index (χ3n) is 2.87. The first kappa shape index (κ1) is 13.9. The van der Waals surface area contributed by atoms with E-state index in [0.29, 0.717) is 24.1 Å². The maximum Gasteiger partial charge on any atom is 0.337 e. The molecule has 1 heterocycles. The van der Waals surface area contributed by atoms with Crippen molar-refractivity contribution in [2.45, 2.75) is 12.8 Å². The summed E-state index contributed by atoms with van der Waals surface area (Å²) in [5.41, 5.74) is 2.15. The summed E-state index contributed by atoms with van der Waals surface area (Å²) in [6, 6.07) is 10.4. The van der Waals surface area contributed by atoms with Gasteiger partial charge in [-0.2, -0.15) is 0 Å². The highest BCUT2D eigenvalue weighted by Crippen LogP contribution is 2.11. The second kappa shape index (κ2) is 6.56. The number of amides is 1. The summed E-state index contributed by atoms with van der Waals surface area (Å²) in [7, 11) is 1.33. The molecule has 1 amide bonds. The number of rotatable bonds is 5. The largest absolute Gasteiger partial charge is 0.465 e. The third-order valence-corrected chi connectivity index (χ3v) is 2.87. The van der Waals surface area contributed by atoms with Crippen molar-refractivity contribution in [1.29, 1.82) is 0 Å². The Balaban J connectivity index is 1.86. The average Bonchev–Trinajstić information content (AvgIpc) is 2.98. The molecule has 0 aliphatic carbocycles. The minimum Gasteiger partial charge on any atom is -0.465 e. The molecule has 0 saturated heterocycles. The Morgan fingerprint density at radius 1 is 1.20 bits per heavy atom. The molecule has 0 aliphatic rings. The average molecular weight is 272 g/mol. The Labute approximate surface area is 117 Å². The van der Waals surface area contributed by atoms with Crippen molar-refractivity contribution in [3.63, 3.8) is 0 Å². The molecule has 2 rings (SSSR count). The predicted octanol–water partition coefficient (Wildman–Crippen LogP) is 2.37. The second-order valence-corrected chi connectivity index (χ2v) is 4.31. The lowest BCUT2D eigenvalue weighted by Crippen LogP contribution is -2.12. The first-order valence-corrected chi connectivity index (χ1v) is 6.29. The molecule has 0 saturated carbocycles. The van der Waals surface area contributed by atoms with Gasteiger partial charge >= 0.3 is 5.97 Å². The third kappa shape index (κ3) is 3.71. The molecule has 5 nitrogen and oxygen atoms in total. The number of carbonyl (C=O) groups excluding carboxylic acids is 2. The van der Waals surface area contributed by atoms with Crippen LogP contribution in [-0.2, 0) is 16.0 Å². The van der Waals surface area contributed by atoms with Crippen molar-refractivity contribution in [3.8, 4) is 0 Å². The SMILES string of the molecule is COC(=O)c1ccc(NC(=O)CCc2ccc[nH]2)cc1. The van der Waals surface area contributed by atoms with E-state index in [1.165, 1.54) is 7.11 Å². The van der Waals surface area contributed by atoms with Crippen molar-refractivity contribution < 1.29 is 14.3 Å². The Bertz CT molecular complexity index is 574. The van der Waals surface area contributed by atoms with E-state index in [1.54, 1.807) is 24.3 Å². The number of ether oxygens (including phenoxy) is 1. The monoisotopic (exact) mass is 272 g/mol. The van der Waals surface area contributed by atoms with E-state index in [0.717, 1.165) is 5.69 Å². The van der Waals surface area contributed by atoms with Gasteiger partial charge in [-0.25, -0.2) is 4.79 Å². The summed E-state index contributed by atoms with van der Waals surface area (Å²) >= 11 is 0. The van der Waals surface area contributed by atoms with Crippen molar-refractivity contribution in [3.05, 3.63) is 53.9 Å². The van der Waals surface area contributed by atoms with Crippen LogP contribution in [0, 0.1) is 0 Å². The smallest absolute Gasteiger partial charge is 0.337 e. The van der Waals surface area contributed by atoms with Gasteiger partial charge in [0.2, 0.25) is 5.91 Å². The van der Waals surface area contributed by atoms with Crippen LogP contribution in [0.1, 0.15) is 22.5 Å². The molecule has 0 spiro atoms. The van der Waals surface area contributed by atoms with Gasteiger partial charge in [0.05, 0.1) is 12.7 Å². The molecule has 0 radical (unpaired) electrons. The van der Waals surface area contributed by atoms with Crippen molar-refractivity contribution in [1.82, 2.24) is 4.98 Å². The van der Waals surface area contributed by atoms with Crippen LogP contribution in [0.15, 0.2) is 42.6 Å². The predicted molar refractivity (Wildman–Crippen MR) is 75.5 cm³/mol. The standard InChI is InChI=1S/C15H16N2O3/c1-20-15(19)11-4-6-13(7-5-11)17-14(18)9-8-12-3-2-10-16-12/h2-7,10,16H,8-9H2,1H3,(H,17,18). The van der Waals surface area contributed by atoms with E-state index >= 15 is 0 Å². The number of esters is 1. The molecule has 2 N–H and O–H groups in total. The minimum absolute atomic E-state index is 0.0644. The number of nitrogens with one attached hydrogen (secondary N) is 2. The summed E-state index contributed by atoms with van der Waals surface area (Å²) in [5.74, 6) is -0.458. The fourth-order valence-electron chi connectivity index (χ4n) is 1.80. The van der Waals surface area contributed by atoms with Crippen LogP contribution in [0.4, 0.5) is 5.69 Å². The van der Waals surface area contributed by atoms with E-state index in [2.05, 4.69) is 15.0 Å². The number of aromatic nitrogens is 1. The Morgan fingerprint density at radius 3 is 2.55 bits per heavy atom. The quantitative estimate of drug-likeness (QED) is 0.821. The molecule has 2 aromatic rings. The number of methoxy groups -OCH3 is 1. The van der Waals surface area contributed by atoms with Gasteiger partial charge in [0.25, 0.3) is 0 Å². The van der Waals surface area contributed by atoms with Crippen molar-refractivity contribution in [2.75, 3.05) is 12.4 Å². The fraction of sp³-hybridized carbons (Fsp3) is 0.200. The van der Waals surface area contributed by atoms with Crippen LogP contribution < -0.4 is 5.32 Å². The highest BCUT2D eigenvalue weighted by Gasteiger charge is 2.06. The zero-order valence-electron chi connectivity index (χ0n) is 11.2. The zero-order valence-corrected chi connectivity index (χ0v) is 11.2. The van der Waals surface area contributed by atoms with Gasteiger partial charge in [-0.05, 0) is 42.8 Å². The summed E-state index contributed by atoms with van der Waals surface area (Å²) in [6.45, 7) is 0. The van der Waals surface area contributed by atoms with Gasteiger partial charge in [0.1, 0.15) is 0 Å². The lowest BCUT2D eigenvalue weighted by atomic mass is 10.2. The van der Waals surface area contributed by atoms with E-state index in [9.17, 15) is 9.59 Å². The Kier molecular flexibility index (Phi) is 4.55. The number of anilines is 1. The van der Waals surface area contributed by atoms with E-state index < -0.39 is 5.97 Å². The number of aryl methyl sites for hydroxylation is 1. The van der Waals surface area contributed by atoms with Crippen molar-refractivity contribution in [2.24, 2.45) is 0 Å². The molecule has 20 heavy (non-hydrogen) atoms. The molecule has 0 fully saturated rings. The van der Waals surface area contributed by atoms with Gasteiger partial charge in [-0.15, -0.1) is 0 Å². The van der Waals surface area contributed by atoms with Crippen LogP contribution in [0.5, 0.6) is 0 Å². The molecule has 5 heteroatoms. The van der Waals surface area contributed by atoms with Gasteiger partial charge in [-0.1, -0.05) is 0 Å². The number of H-pyrrole nitrogens is 1. The number of carbonyl (C=O) groups is 2. The topological polar surface area (TPSA) is 71.2 Å². The number of hydrogen-bond donors (Lipinski definition) is 2. The summed E-state index contributed by atoms with van der Waals surface area (Å²) in [6.07, 6.45) is 2.90. The lowest BCUT2D eigenvalue weighted by Gasteiger charge is -2.05. The molecule has 0 bridgehead atoms. The molecule has 1 aromatic carbocycles. The first-order valence-electron chi connectivity index (χ1n) is 6.29. The molecule has 0 unspecified atom stereocenters. The van der Waals surface area contributed by atoms with Crippen LogP contribution in [0.25, 0.3) is 0 Å². The molecule has 104 valence electrons. The van der Waals surface area contributed by atoms with Crippen LogP contribution in [0.2, 0.25) is 0 Å².